The second-order valence-corrected chi connectivity index (χ2v) is 7.63. The molecule has 3 heterocycles. The van der Waals surface area contributed by atoms with Crippen LogP contribution in [0.2, 0.25) is 5.02 Å². The van der Waals surface area contributed by atoms with Gasteiger partial charge in [0.25, 0.3) is 5.89 Å². The van der Waals surface area contributed by atoms with Crippen LogP contribution in [0.4, 0.5) is 4.39 Å². The molecular weight excluding hydrogens is 502 g/mol. The Labute approximate surface area is 176 Å². The van der Waals surface area contributed by atoms with E-state index in [2.05, 4.69) is 37.7 Å². The highest BCUT2D eigenvalue weighted by molar-refractivity contribution is 14.1. The number of hydrogen-bond donors (Lipinski definition) is 1. The first-order chi connectivity index (χ1) is 13.4. The molecule has 0 amide bonds. The van der Waals surface area contributed by atoms with Gasteiger partial charge in [-0.25, -0.2) is 9.37 Å². The molecule has 0 fully saturated rings. The van der Waals surface area contributed by atoms with E-state index in [4.69, 9.17) is 21.2 Å². The quantitative estimate of drug-likeness (QED) is 0.397. The van der Waals surface area contributed by atoms with Gasteiger partial charge in [0, 0.05) is 27.9 Å². The lowest BCUT2D eigenvalue weighted by Crippen LogP contribution is -2.00. The van der Waals surface area contributed by atoms with E-state index in [-0.39, 0.29) is 40.7 Å². The van der Waals surface area contributed by atoms with Crippen LogP contribution in [0.5, 0.6) is 0 Å². The van der Waals surface area contributed by atoms with Crippen LogP contribution in [-0.2, 0) is 11.2 Å². The van der Waals surface area contributed by atoms with Crippen molar-refractivity contribution in [3.05, 3.63) is 56.6 Å². The Morgan fingerprint density at radius 3 is 2.89 bits per heavy atom. The SMILES string of the molecule is O=C(O)CCc1cc(Cl)c(-c2noc(-c3cn4cc(I)ccc4n3)n2)cc1F. The van der Waals surface area contributed by atoms with Gasteiger partial charge in [-0.2, -0.15) is 4.98 Å². The summed E-state index contributed by atoms with van der Waals surface area (Å²) in [6, 6.07) is 6.36. The zero-order valence-corrected chi connectivity index (χ0v) is 17.0. The van der Waals surface area contributed by atoms with E-state index in [0.29, 0.717) is 5.69 Å². The first kappa shape index (κ1) is 18.8. The van der Waals surface area contributed by atoms with Crippen LogP contribution in [0.25, 0.3) is 28.6 Å². The lowest BCUT2D eigenvalue weighted by Gasteiger charge is -2.05. The molecule has 3 aromatic heterocycles. The van der Waals surface area contributed by atoms with Crippen molar-refractivity contribution in [2.75, 3.05) is 0 Å². The van der Waals surface area contributed by atoms with Gasteiger partial charge in [-0.3, -0.25) is 4.79 Å². The van der Waals surface area contributed by atoms with Crippen LogP contribution < -0.4 is 0 Å². The molecular formula is C18H11ClFIN4O3. The molecule has 4 aromatic rings. The number of rotatable bonds is 5. The molecule has 28 heavy (non-hydrogen) atoms. The van der Waals surface area contributed by atoms with Crippen LogP contribution in [0, 0.1) is 9.39 Å². The van der Waals surface area contributed by atoms with Gasteiger partial charge in [-0.15, -0.1) is 0 Å². The number of imidazole rings is 1. The second kappa shape index (κ2) is 7.47. The van der Waals surface area contributed by atoms with Crippen LogP contribution in [0.1, 0.15) is 12.0 Å². The molecule has 0 aliphatic carbocycles. The number of nitrogens with zero attached hydrogens (tertiary/aromatic N) is 4. The van der Waals surface area contributed by atoms with E-state index in [1.165, 1.54) is 12.1 Å². The third kappa shape index (κ3) is 3.72. The van der Waals surface area contributed by atoms with Gasteiger partial charge >= 0.3 is 5.97 Å². The number of carbonyl (C=O) groups is 1. The number of fused-ring (bicyclic) bond motifs is 1. The highest BCUT2D eigenvalue weighted by Gasteiger charge is 2.18. The first-order valence-electron chi connectivity index (χ1n) is 8.09. The summed E-state index contributed by atoms with van der Waals surface area (Å²) >= 11 is 8.43. The van der Waals surface area contributed by atoms with Crippen molar-refractivity contribution < 1.29 is 18.8 Å². The molecule has 0 bridgehead atoms. The lowest BCUT2D eigenvalue weighted by atomic mass is 10.1. The van der Waals surface area contributed by atoms with Gasteiger partial charge in [0.2, 0.25) is 5.82 Å². The van der Waals surface area contributed by atoms with Crippen molar-refractivity contribution in [2.45, 2.75) is 12.8 Å². The maximum Gasteiger partial charge on any atom is 0.303 e. The number of halogens is 3. The lowest BCUT2D eigenvalue weighted by molar-refractivity contribution is -0.136. The second-order valence-electron chi connectivity index (χ2n) is 5.98. The fourth-order valence-corrected chi connectivity index (χ4v) is 3.45. The molecule has 0 atom stereocenters. The summed E-state index contributed by atoms with van der Waals surface area (Å²) in [5, 5.41) is 12.8. The fourth-order valence-electron chi connectivity index (χ4n) is 2.70. The van der Waals surface area contributed by atoms with Gasteiger partial charge in [0.15, 0.2) is 0 Å². The summed E-state index contributed by atoms with van der Waals surface area (Å²) in [4.78, 5) is 19.4. The molecule has 0 spiro atoms. The molecule has 0 radical (unpaired) electrons. The third-order valence-electron chi connectivity index (χ3n) is 4.05. The van der Waals surface area contributed by atoms with Crippen molar-refractivity contribution >= 4 is 45.8 Å². The number of pyridine rings is 1. The molecule has 1 N–H and O–H groups in total. The average molecular weight is 513 g/mol. The zero-order valence-electron chi connectivity index (χ0n) is 14.1. The number of carboxylic acid groups (broad SMARTS) is 1. The largest absolute Gasteiger partial charge is 0.481 e. The molecule has 142 valence electrons. The normalized spacial score (nSPS) is 11.2. The minimum atomic E-state index is -1.01. The highest BCUT2D eigenvalue weighted by Crippen LogP contribution is 2.30. The molecule has 7 nitrogen and oxygen atoms in total. The van der Waals surface area contributed by atoms with Crippen molar-refractivity contribution in [1.29, 1.82) is 0 Å². The van der Waals surface area contributed by atoms with E-state index >= 15 is 0 Å². The Kier molecular flexibility index (Phi) is 5.02. The summed E-state index contributed by atoms with van der Waals surface area (Å²) < 4.78 is 22.5. The molecule has 4 rings (SSSR count). The smallest absolute Gasteiger partial charge is 0.303 e. The van der Waals surface area contributed by atoms with E-state index in [0.717, 1.165) is 9.22 Å². The molecule has 0 aliphatic heterocycles. The summed E-state index contributed by atoms with van der Waals surface area (Å²) in [7, 11) is 0. The summed E-state index contributed by atoms with van der Waals surface area (Å²) in [5.74, 6) is -1.28. The number of carboxylic acids is 1. The predicted molar refractivity (Wildman–Crippen MR) is 108 cm³/mol. The Balaban J connectivity index is 1.66. The minimum absolute atomic E-state index is 0.0404. The average Bonchev–Trinajstić information content (AvgIpc) is 3.28. The number of aromatic nitrogens is 4. The zero-order chi connectivity index (χ0) is 19.8. The fraction of sp³-hybridized carbons (Fsp3) is 0.111. The van der Waals surface area contributed by atoms with E-state index in [1.807, 2.05) is 22.7 Å². The van der Waals surface area contributed by atoms with E-state index in [1.54, 1.807) is 6.20 Å². The Bertz CT molecular complexity index is 1210. The van der Waals surface area contributed by atoms with Crippen LogP contribution in [0.3, 0.4) is 0 Å². The Morgan fingerprint density at radius 1 is 1.29 bits per heavy atom. The first-order valence-corrected chi connectivity index (χ1v) is 9.55. The van der Waals surface area contributed by atoms with Gasteiger partial charge in [0.05, 0.1) is 5.02 Å². The van der Waals surface area contributed by atoms with Crippen molar-refractivity contribution in [2.24, 2.45) is 0 Å². The topological polar surface area (TPSA) is 93.5 Å². The summed E-state index contributed by atoms with van der Waals surface area (Å²) in [5.41, 5.74) is 1.68. The van der Waals surface area contributed by atoms with Gasteiger partial charge in [-0.1, -0.05) is 16.8 Å². The van der Waals surface area contributed by atoms with E-state index in [9.17, 15) is 9.18 Å². The van der Waals surface area contributed by atoms with Gasteiger partial charge < -0.3 is 14.0 Å². The number of aliphatic carboxylic acids is 1. The Hall–Kier alpha value is -2.53. The predicted octanol–water partition coefficient (Wildman–Crippen LogP) is 4.47. The van der Waals surface area contributed by atoms with Crippen LogP contribution in [-0.4, -0.2) is 30.6 Å². The van der Waals surface area contributed by atoms with Crippen LogP contribution >= 0.6 is 34.2 Å². The standard InChI is InChI=1S/C18H11ClFIN4O3/c19-12-5-9(1-4-16(26)27)13(20)6-11(12)17-23-18(28-24-17)14-8-25-7-10(21)2-3-15(25)22-14/h2-3,5-8H,1,4H2,(H,26,27). The molecule has 0 aliphatic rings. The molecule has 0 saturated carbocycles. The van der Waals surface area contributed by atoms with Crippen molar-refractivity contribution in [3.8, 4) is 23.0 Å². The number of aryl methyl sites for hydroxylation is 1. The molecule has 0 unspecified atom stereocenters. The van der Waals surface area contributed by atoms with E-state index < -0.39 is 11.8 Å². The summed E-state index contributed by atoms with van der Waals surface area (Å²) in [6.07, 6.45) is 3.52. The van der Waals surface area contributed by atoms with Gasteiger partial charge in [-0.05, 0) is 58.8 Å². The monoisotopic (exact) mass is 512 g/mol. The highest BCUT2D eigenvalue weighted by atomic mass is 127. The summed E-state index contributed by atoms with van der Waals surface area (Å²) in [6.45, 7) is 0. The minimum Gasteiger partial charge on any atom is -0.481 e. The third-order valence-corrected chi connectivity index (χ3v) is 5.00. The maximum atomic E-state index is 14.3. The molecule has 0 saturated heterocycles. The number of hydrogen-bond acceptors (Lipinski definition) is 5. The molecule has 10 heteroatoms. The molecule has 1 aromatic carbocycles. The van der Waals surface area contributed by atoms with Gasteiger partial charge in [0.1, 0.15) is 17.2 Å². The van der Waals surface area contributed by atoms with Crippen molar-refractivity contribution in [1.82, 2.24) is 19.5 Å². The Morgan fingerprint density at radius 2 is 2.11 bits per heavy atom. The van der Waals surface area contributed by atoms with Crippen molar-refractivity contribution in [3.63, 3.8) is 0 Å². The maximum absolute atomic E-state index is 14.3. The number of benzene rings is 1. The van der Waals surface area contributed by atoms with Crippen LogP contribution in [0.15, 0.2) is 41.2 Å².